The van der Waals surface area contributed by atoms with Crippen molar-refractivity contribution in [2.24, 2.45) is 16.5 Å². The zero-order chi connectivity index (χ0) is 26.1. The summed E-state index contributed by atoms with van der Waals surface area (Å²) in [6.45, 7) is -0.250. The largest absolute Gasteiger partial charge is 0.480 e. The van der Waals surface area contributed by atoms with E-state index in [9.17, 15) is 19.5 Å². The quantitative estimate of drug-likeness (QED) is 0.165. The number of guanidine groups is 1. The Morgan fingerprint density at radius 1 is 0.972 bits per heavy atom. The average Bonchev–Trinajstić information content (AvgIpc) is 2.83. The Bertz CT molecular complexity index is 1260. The SMILES string of the molecule is NC(N)=Nc1ccc(C(=O)Oc2ccc(CCN(CC(=O)O)C(=O)Cc3ccccc3)c(Cl)c2)cc1. The van der Waals surface area contributed by atoms with E-state index < -0.39 is 18.5 Å². The zero-order valence-corrected chi connectivity index (χ0v) is 20.0. The van der Waals surface area contributed by atoms with Crippen molar-refractivity contribution >= 4 is 41.1 Å². The van der Waals surface area contributed by atoms with Gasteiger partial charge in [0.15, 0.2) is 5.96 Å². The number of carbonyl (C=O) groups is 3. The van der Waals surface area contributed by atoms with Gasteiger partial charge in [0.1, 0.15) is 12.3 Å². The van der Waals surface area contributed by atoms with E-state index >= 15 is 0 Å². The van der Waals surface area contributed by atoms with Gasteiger partial charge in [-0.2, -0.15) is 0 Å². The number of rotatable bonds is 10. The maximum atomic E-state index is 12.7. The van der Waals surface area contributed by atoms with E-state index in [1.807, 2.05) is 30.3 Å². The molecule has 0 aliphatic carbocycles. The summed E-state index contributed by atoms with van der Waals surface area (Å²) in [6, 6.07) is 20.1. The molecule has 0 aliphatic heterocycles. The van der Waals surface area contributed by atoms with Crippen LogP contribution in [0.3, 0.4) is 0 Å². The van der Waals surface area contributed by atoms with Crippen LogP contribution in [0.5, 0.6) is 5.75 Å². The molecule has 0 saturated heterocycles. The molecule has 9 nitrogen and oxygen atoms in total. The summed E-state index contributed by atoms with van der Waals surface area (Å²) in [6.07, 6.45) is 0.427. The lowest BCUT2D eigenvalue weighted by Crippen LogP contribution is -2.38. The number of esters is 1. The molecule has 0 heterocycles. The highest BCUT2D eigenvalue weighted by Gasteiger charge is 2.18. The lowest BCUT2D eigenvalue weighted by molar-refractivity contribution is -0.144. The van der Waals surface area contributed by atoms with Crippen LogP contribution in [0.1, 0.15) is 21.5 Å². The Balaban J connectivity index is 1.62. The van der Waals surface area contributed by atoms with Crippen molar-refractivity contribution in [1.82, 2.24) is 4.90 Å². The van der Waals surface area contributed by atoms with E-state index in [-0.39, 0.29) is 30.6 Å². The van der Waals surface area contributed by atoms with E-state index in [0.717, 1.165) is 5.56 Å². The fraction of sp³-hybridized carbons (Fsp3) is 0.154. The second kappa shape index (κ2) is 12.4. The summed E-state index contributed by atoms with van der Waals surface area (Å²) < 4.78 is 5.39. The van der Waals surface area contributed by atoms with Crippen LogP contribution in [0.4, 0.5) is 5.69 Å². The number of nitrogens with zero attached hydrogens (tertiary/aromatic N) is 2. The van der Waals surface area contributed by atoms with Gasteiger partial charge in [0, 0.05) is 11.6 Å². The first-order chi connectivity index (χ1) is 17.2. The number of carboxylic acids is 1. The summed E-state index contributed by atoms with van der Waals surface area (Å²) in [5.74, 6) is -1.84. The van der Waals surface area contributed by atoms with Gasteiger partial charge in [-0.1, -0.05) is 48.0 Å². The highest BCUT2D eigenvalue weighted by molar-refractivity contribution is 6.31. The molecule has 0 unspecified atom stereocenters. The average molecular weight is 509 g/mol. The summed E-state index contributed by atoms with van der Waals surface area (Å²) in [4.78, 5) is 41.6. The van der Waals surface area contributed by atoms with Gasteiger partial charge in [-0.25, -0.2) is 9.79 Å². The normalized spacial score (nSPS) is 10.4. The third-order valence-corrected chi connectivity index (χ3v) is 5.48. The Labute approximate surface area is 212 Å². The standard InChI is InChI=1S/C26H25ClN4O5/c27-22-15-21(36-25(35)19-6-9-20(10-7-19)30-26(28)29)11-8-18(22)12-13-31(16-24(33)34)23(32)14-17-4-2-1-3-5-17/h1-11,15H,12-14,16H2,(H,33,34)(H4,28,29,30). The highest BCUT2D eigenvalue weighted by atomic mass is 35.5. The molecule has 186 valence electrons. The molecule has 10 heteroatoms. The van der Waals surface area contributed by atoms with Crippen LogP contribution in [-0.4, -0.2) is 46.9 Å². The molecule has 3 aromatic rings. The van der Waals surface area contributed by atoms with E-state index in [2.05, 4.69) is 4.99 Å². The lowest BCUT2D eigenvalue weighted by Gasteiger charge is -2.21. The molecule has 0 radical (unpaired) electrons. The van der Waals surface area contributed by atoms with Crippen LogP contribution in [0, 0.1) is 0 Å². The number of carbonyl (C=O) groups excluding carboxylic acids is 2. The second-order valence-electron chi connectivity index (χ2n) is 7.85. The van der Waals surface area contributed by atoms with Crippen molar-refractivity contribution in [3.8, 4) is 5.75 Å². The minimum absolute atomic E-state index is 0.0910. The second-order valence-corrected chi connectivity index (χ2v) is 8.25. The molecule has 3 rings (SSSR count). The van der Waals surface area contributed by atoms with Gasteiger partial charge in [-0.3, -0.25) is 9.59 Å². The third kappa shape index (κ3) is 7.85. The Kier molecular flexibility index (Phi) is 9.01. The van der Waals surface area contributed by atoms with Crippen LogP contribution < -0.4 is 16.2 Å². The van der Waals surface area contributed by atoms with Crippen LogP contribution >= 0.6 is 11.6 Å². The number of ether oxygens (including phenoxy) is 1. The highest BCUT2D eigenvalue weighted by Crippen LogP contribution is 2.24. The van der Waals surface area contributed by atoms with Gasteiger partial charge in [0.2, 0.25) is 5.91 Å². The molecule has 0 bridgehead atoms. The third-order valence-electron chi connectivity index (χ3n) is 5.12. The van der Waals surface area contributed by atoms with Gasteiger partial charge >= 0.3 is 11.9 Å². The van der Waals surface area contributed by atoms with Crippen LogP contribution in [0.25, 0.3) is 0 Å². The van der Waals surface area contributed by atoms with Gasteiger partial charge in [0.25, 0.3) is 0 Å². The number of hydrogen-bond acceptors (Lipinski definition) is 5. The number of carboxylic acid groups (broad SMARTS) is 1. The molecule has 1 amide bonds. The molecular weight excluding hydrogens is 484 g/mol. The van der Waals surface area contributed by atoms with Crippen LogP contribution in [0.2, 0.25) is 5.02 Å². The lowest BCUT2D eigenvalue weighted by atomic mass is 10.1. The van der Waals surface area contributed by atoms with Gasteiger partial charge in [-0.15, -0.1) is 0 Å². The summed E-state index contributed by atoms with van der Waals surface area (Å²) in [5.41, 5.74) is 12.9. The number of amides is 1. The maximum absolute atomic E-state index is 12.7. The molecule has 0 atom stereocenters. The first kappa shape index (κ1) is 26.2. The Morgan fingerprint density at radius 2 is 1.67 bits per heavy atom. The molecule has 0 aliphatic rings. The number of aliphatic carboxylic acids is 1. The number of benzene rings is 3. The fourth-order valence-electron chi connectivity index (χ4n) is 3.37. The van der Waals surface area contributed by atoms with Crippen molar-refractivity contribution in [2.45, 2.75) is 12.8 Å². The molecule has 0 fully saturated rings. The Morgan fingerprint density at radius 3 is 2.28 bits per heavy atom. The van der Waals surface area contributed by atoms with Gasteiger partial charge < -0.3 is 26.2 Å². The molecular formula is C26H25ClN4O5. The van der Waals surface area contributed by atoms with E-state index in [1.165, 1.54) is 23.1 Å². The van der Waals surface area contributed by atoms with E-state index in [0.29, 0.717) is 28.3 Å². The maximum Gasteiger partial charge on any atom is 0.343 e. The monoisotopic (exact) mass is 508 g/mol. The molecule has 0 aromatic heterocycles. The predicted octanol–water partition coefficient (Wildman–Crippen LogP) is 3.16. The van der Waals surface area contributed by atoms with Crippen LogP contribution in [0.15, 0.2) is 77.8 Å². The number of hydrogen-bond donors (Lipinski definition) is 3. The number of halogens is 1. The van der Waals surface area contributed by atoms with E-state index in [4.69, 9.17) is 27.8 Å². The number of nitrogens with two attached hydrogens (primary N) is 2. The molecule has 5 N–H and O–H groups in total. The van der Waals surface area contributed by atoms with Crippen molar-refractivity contribution in [1.29, 1.82) is 0 Å². The Hall–Kier alpha value is -4.37. The van der Waals surface area contributed by atoms with Crippen molar-refractivity contribution in [2.75, 3.05) is 13.1 Å². The summed E-state index contributed by atoms with van der Waals surface area (Å²) >= 11 is 6.38. The minimum atomic E-state index is -1.10. The smallest absolute Gasteiger partial charge is 0.343 e. The van der Waals surface area contributed by atoms with Gasteiger partial charge in [-0.05, 0) is 53.9 Å². The van der Waals surface area contributed by atoms with Crippen molar-refractivity contribution in [3.05, 3.63) is 94.5 Å². The number of aliphatic imine (C=N–C) groups is 1. The zero-order valence-electron chi connectivity index (χ0n) is 19.3. The first-order valence-corrected chi connectivity index (χ1v) is 11.3. The van der Waals surface area contributed by atoms with Crippen molar-refractivity contribution < 1.29 is 24.2 Å². The minimum Gasteiger partial charge on any atom is -0.480 e. The summed E-state index contributed by atoms with van der Waals surface area (Å²) in [5, 5.41) is 9.56. The van der Waals surface area contributed by atoms with E-state index in [1.54, 1.807) is 24.3 Å². The summed E-state index contributed by atoms with van der Waals surface area (Å²) in [7, 11) is 0. The molecule has 36 heavy (non-hydrogen) atoms. The van der Waals surface area contributed by atoms with Gasteiger partial charge in [0.05, 0.1) is 17.7 Å². The van der Waals surface area contributed by atoms with Crippen LogP contribution in [-0.2, 0) is 22.4 Å². The molecule has 0 spiro atoms. The first-order valence-electron chi connectivity index (χ1n) is 10.9. The van der Waals surface area contributed by atoms with Crippen molar-refractivity contribution in [3.63, 3.8) is 0 Å². The molecule has 0 saturated carbocycles. The fourth-order valence-corrected chi connectivity index (χ4v) is 3.64. The predicted molar refractivity (Wildman–Crippen MR) is 136 cm³/mol. The topological polar surface area (TPSA) is 148 Å². The molecule has 3 aromatic carbocycles.